The van der Waals surface area contributed by atoms with Gasteiger partial charge in [-0.3, -0.25) is 14.6 Å². The maximum absolute atomic E-state index is 12.9. The second kappa shape index (κ2) is 6.07. The Balaban J connectivity index is 1.60. The van der Waals surface area contributed by atoms with Crippen LogP contribution in [0, 0.1) is 0 Å². The lowest BCUT2D eigenvalue weighted by Gasteiger charge is -2.18. The standard InChI is InChI=1S/C19H19N3O2/c23-18(22-12-8-14-5-1-2-6-17(14)22)15-7-9-20-16(13-15)19(24)21-10-3-4-11-21/h1-2,5-7,9,13H,3-4,8,10-12H2. The van der Waals surface area contributed by atoms with Gasteiger partial charge in [-0.1, -0.05) is 18.2 Å². The van der Waals surface area contributed by atoms with E-state index in [1.165, 1.54) is 5.56 Å². The number of anilines is 1. The summed E-state index contributed by atoms with van der Waals surface area (Å²) in [5.74, 6) is -0.151. The van der Waals surface area contributed by atoms with Gasteiger partial charge >= 0.3 is 0 Å². The molecule has 0 unspecified atom stereocenters. The first-order valence-corrected chi connectivity index (χ1v) is 8.39. The molecule has 2 aliphatic heterocycles. The Labute approximate surface area is 140 Å². The van der Waals surface area contributed by atoms with E-state index in [0.717, 1.165) is 38.0 Å². The summed E-state index contributed by atoms with van der Waals surface area (Å²) in [7, 11) is 0. The minimum Gasteiger partial charge on any atom is -0.337 e. The molecule has 122 valence electrons. The van der Waals surface area contributed by atoms with Crippen LogP contribution in [0.4, 0.5) is 5.69 Å². The molecule has 1 aromatic carbocycles. The molecule has 2 amide bonds. The molecule has 0 spiro atoms. The fourth-order valence-corrected chi connectivity index (χ4v) is 3.47. The van der Waals surface area contributed by atoms with E-state index in [2.05, 4.69) is 11.1 Å². The quantitative estimate of drug-likeness (QED) is 0.854. The summed E-state index contributed by atoms with van der Waals surface area (Å²) in [4.78, 5) is 33.1. The molecule has 5 nitrogen and oxygen atoms in total. The van der Waals surface area contributed by atoms with Gasteiger partial charge in [0.2, 0.25) is 0 Å². The van der Waals surface area contributed by atoms with Crippen LogP contribution in [-0.2, 0) is 6.42 Å². The molecule has 1 aromatic heterocycles. The number of rotatable bonds is 2. The van der Waals surface area contributed by atoms with Crippen molar-refractivity contribution in [3.8, 4) is 0 Å². The molecule has 1 saturated heterocycles. The molecule has 0 saturated carbocycles. The molecule has 3 heterocycles. The van der Waals surface area contributed by atoms with Crippen molar-refractivity contribution in [2.24, 2.45) is 0 Å². The Morgan fingerprint density at radius 2 is 1.75 bits per heavy atom. The fraction of sp³-hybridized carbons (Fsp3) is 0.316. The van der Waals surface area contributed by atoms with E-state index in [4.69, 9.17) is 0 Å². The lowest BCUT2D eigenvalue weighted by Crippen LogP contribution is -2.31. The molecule has 24 heavy (non-hydrogen) atoms. The highest BCUT2D eigenvalue weighted by Gasteiger charge is 2.26. The summed E-state index contributed by atoms with van der Waals surface area (Å²) in [6.45, 7) is 2.23. The molecule has 4 rings (SSSR count). The molecule has 0 N–H and O–H groups in total. The fourth-order valence-electron chi connectivity index (χ4n) is 3.47. The van der Waals surface area contributed by atoms with Crippen LogP contribution in [0.25, 0.3) is 0 Å². The number of carbonyl (C=O) groups is 2. The Morgan fingerprint density at radius 1 is 0.958 bits per heavy atom. The van der Waals surface area contributed by atoms with Crippen molar-refractivity contribution in [1.29, 1.82) is 0 Å². The summed E-state index contributed by atoms with van der Waals surface area (Å²) in [6, 6.07) is 11.3. The van der Waals surface area contributed by atoms with Crippen LogP contribution in [0.5, 0.6) is 0 Å². The number of hydrogen-bond acceptors (Lipinski definition) is 3. The third-order valence-electron chi connectivity index (χ3n) is 4.75. The van der Waals surface area contributed by atoms with Crippen LogP contribution >= 0.6 is 0 Å². The Bertz CT molecular complexity index is 797. The molecular formula is C19H19N3O2. The van der Waals surface area contributed by atoms with Crippen molar-refractivity contribution in [1.82, 2.24) is 9.88 Å². The highest BCUT2D eigenvalue weighted by molar-refractivity contribution is 6.08. The Kier molecular flexibility index (Phi) is 3.76. The van der Waals surface area contributed by atoms with Gasteiger partial charge in [0.1, 0.15) is 5.69 Å². The predicted octanol–water partition coefficient (Wildman–Crippen LogP) is 2.52. The van der Waals surface area contributed by atoms with E-state index in [0.29, 0.717) is 17.8 Å². The minimum absolute atomic E-state index is 0.0715. The average Bonchev–Trinajstić information content (AvgIpc) is 3.30. The van der Waals surface area contributed by atoms with Crippen molar-refractivity contribution >= 4 is 17.5 Å². The van der Waals surface area contributed by atoms with Gasteiger partial charge in [0.15, 0.2) is 0 Å². The summed E-state index contributed by atoms with van der Waals surface area (Å²) < 4.78 is 0. The number of nitrogens with zero attached hydrogens (tertiary/aromatic N) is 3. The van der Waals surface area contributed by atoms with E-state index >= 15 is 0 Å². The Morgan fingerprint density at radius 3 is 2.58 bits per heavy atom. The number of hydrogen-bond donors (Lipinski definition) is 0. The molecule has 2 aliphatic rings. The molecule has 2 aromatic rings. The van der Waals surface area contributed by atoms with Gasteiger partial charge in [-0.05, 0) is 43.0 Å². The van der Waals surface area contributed by atoms with Crippen molar-refractivity contribution in [2.75, 3.05) is 24.5 Å². The minimum atomic E-state index is -0.0797. The molecular weight excluding hydrogens is 302 g/mol. The van der Waals surface area contributed by atoms with Crippen LogP contribution in [0.15, 0.2) is 42.6 Å². The van der Waals surface area contributed by atoms with E-state index in [1.54, 1.807) is 23.2 Å². The van der Waals surface area contributed by atoms with E-state index in [9.17, 15) is 9.59 Å². The van der Waals surface area contributed by atoms with Gasteiger partial charge in [0.05, 0.1) is 0 Å². The molecule has 5 heteroatoms. The number of amides is 2. The highest BCUT2D eigenvalue weighted by Crippen LogP contribution is 2.28. The normalized spacial score (nSPS) is 16.3. The molecule has 0 radical (unpaired) electrons. The van der Waals surface area contributed by atoms with Crippen LogP contribution in [0.3, 0.4) is 0 Å². The first kappa shape index (κ1) is 14.9. The van der Waals surface area contributed by atoms with E-state index in [-0.39, 0.29) is 11.8 Å². The van der Waals surface area contributed by atoms with Crippen molar-refractivity contribution in [2.45, 2.75) is 19.3 Å². The monoisotopic (exact) mass is 321 g/mol. The molecule has 0 atom stereocenters. The second-order valence-corrected chi connectivity index (χ2v) is 6.26. The van der Waals surface area contributed by atoms with Gasteiger partial charge in [0, 0.05) is 37.1 Å². The van der Waals surface area contributed by atoms with E-state index < -0.39 is 0 Å². The first-order valence-electron chi connectivity index (χ1n) is 8.39. The van der Waals surface area contributed by atoms with Crippen LogP contribution in [0.2, 0.25) is 0 Å². The maximum atomic E-state index is 12.9. The van der Waals surface area contributed by atoms with Gasteiger partial charge < -0.3 is 9.80 Å². The SMILES string of the molecule is O=C(c1cc(C(=O)N2CCc3ccccc32)ccn1)N1CCCC1. The number of fused-ring (bicyclic) bond motifs is 1. The largest absolute Gasteiger partial charge is 0.337 e. The highest BCUT2D eigenvalue weighted by atomic mass is 16.2. The molecule has 0 bridgehead atoms. The topological polar surface area (TPSA) is 53.5 Å². The molecule has 1 fully saturated rings. The first-order chi connectivity index (χ1) is 11.7. The number of aromatic nitrogens is 1. The third-order valence-corrected chi connectivity index (χ3v) is 4.75. The summed E-state index contributed by atoms with van der Waals surface area (Å²) >= 11 is 0. The number of likely N-dealkylation sites (tertiary alicyclic amines) is 1. The zero-order chi connectivity index (χ0) is 16.5. The molecule has 0 aliphatic carbocycles. The van der Waals surface area contributed by atoms with Crippen LogP contribution in [-0.4, -0.2) is 41.3 Å². The van der Waals surface area contributed by atoms with Crippen LogP contribution < -0.4 is 4.90 Å². The summed E-state index contributed by atoms with van der Waals surface area (Å²) in [5.41, 5.74) is 3.03. The zero-order valence-electron chi connectivity index (χ0n) is 13.4. The van der Waals surface area contributed by atoms with Crippen molar-refractivity contribution in [3.05, 3.63) is 59.4 Å². The van der Waals surface area contributed by atoms with Gasteiger partial charge in [-0.15, -0.1) is 0 Å². The number of pyridine rings is 1. The van der Waals surface area contributed by atoms with Crippen molar-refractivity contribution < 1.29 is 9.59 Å². The van der Waals surface area contributed by atoms with E-state index in [1.807, 2.05) is 23.1 Å². The number of para-hydroxylation sites is 1. The predicted molar refractivity (Wildman–Crippen MR) is 91.2 cm³/mol. The Hall–Kier alpha value is -2.69. The number of carbonyl (C=O) groups excluding carboxylic acids is 2. The third kappa shape index (κ3) is 2.56. The smallest absolute Gasteiger partial charge is 0.272 e. The summed E-state index contributed by atoms with van der Waals surface area (Å²) in [5, 5.41) is 0. The number of benzene rings is 1. The van der Waals surface area contributed by atoms with Gasteiger partial charge in [-0.25, -0.2) is 0 Å². The lowest BCUT2D eigenvalue weighted by atomic mass is 10.1. The van der Waals surface area contributed by atoms with Gasteiger partial charge in [0.25, 0.3) is 11.8 Å². The maximum Gasteiger partial charge on any atom is 0.272 e. The van der Waals surface area contributed by atoms with Crippen LogP contribution in [0.1, 0.15) is 39.3 Å². The second-order valence-electron chi connectivity index (χ2n) is 6.26. The summed E-state index contributed by atoms with van der Waals surface area (Å²) in [6.07, 6.45) is 4.49. The lowest BCUT2D eigenvalue weighted by molar-refractivity contribution is 0.0787. The van der Waals surface area contributed by atoms with Gasteiger partial charge in [-0.2, -0.15) is 0 Å². The zero-order valence-corrected chi connectivity index (χ0v) is 13.4. The average molecular weight is 321 g/mol. The van der Waals surface area contributed by atoms with Crippen molar-refractivity contribution in [3.63, 3.8) is 0 Å².